The van der Waals surface area contributed by atoms with Gasteiger partial charge in [-0.2, -0.15) is 0 Å². The summed E-state index contributed by atoms with van der Waals surface area (Å²) in [6, 6.07) is 11.1. The Balaban J connectivity index is 1.42. The fourth-order valence-electron chi connectivity index (χ4n) is 2.96. The molecule has 0 fully saturated rings. The minimum Gasteiger partial charge on any atom is -0.491 e. The lowest BCUT2D eigenvalue weighted by atomic mass is 10.2. The molecule has 0 unspecified atom stereocenters. The molecule has 0 spiro atoms. The summed E-state index contributed by atoms with van der Waals surface area (Å²) >= 11 is 5.84. The molecule has 0 atom stereocenters. The molecule has 1 heterocycles. The number of anilines is 1. The molecular weight excluding hydrogens is 407 g/mol. The van der Waals surface area contributed by atoms with Gasteiger partial charge < -0.3 is 10.1 Å². The molecule has 1 aliphatic rings. The Morgan fingerprint density at radius 3 is 2.82 bits per heavy atom. The highest BCUT2D eigenvalue weighted by atomic mass is 35.5. The molecule has 0 saturated carbocycles. The van der Waals surface area contributed by atoms with E-state index in [1.165, 1.54) is 16.4 Å². The molecule has 9 heteroatoms. The average Bonchev–Trinajstić information content (AvgIpc) is 3.08. The average molecular weight is 427 g/mol. The van der Waals surface area contributed by atoms with Gasteiger partial charge >= 0.3 is 0 Å². The summed E-state index contributed by atoms with van der Waals surface area (Å²) in [7, 11) is -3.51. The Labute approximate surface area is 168 Å². The Morgan fingerprint density at radius 2 is 2.04 bits per heavy atom. The minimum absolute atomic E-state index is 0.0110. The van der Waals surface area contributed by atoms with Crippen molar-refractivity contribution in [2.45, 2.75) is 12.8 Å². The van der Waals surface area contributed by atoms with Gasteiger partial charge in [0.05, 0.1) is 29.5 Å². The molecule has 6 nitrogen and oxygen atoms in total. The molecule has 2 aromatic rings. The number of nitrogens with one attached hydrogen (secondary N) is 1. The van der Waals surface area contributed by atoms with Crippen LogP contribution in [0.4, 0.5) is 10.1 Å². The summed E-state index contributed by atoms with van der Waals surface area (Å²) < 4.78 is 44.8. The van der Waals surface area contributed by atoms with E-state index in [1.54, 1.807) is 6.07 Å². The molecule has 3 rings (SSSR count). The van der Waals surface area contributed by atoms with Crippen molar-refractivity contribution in [1.82, 2.24) is 5.32 Å². The van der Waals surface area contributed by atoms with Gasteiger partial charge in [0.15, 0.2) is 0 Å². The predicted molar refractivity (Wildman–Crippen MR) is 106 cm³/mol. The van der Waals surface area contributed by atoms with Crippen molar-refractivity contribution in [3.8, 4) is 5.75 Å². The highest BCUT2D eigenvalue weighted by molar-refractivity contribution is 7.92. The zero-order valence-electron chi connectivity index (χ0n) is 15.0. The molecule has 1 aliphatic heterocycles. The smallest absolute Gasteiger partial charge is 0.236 e. The molecule has 1 amide bonds. The van der Waals surface area contributed by atoms with Gasteiger partial charge in [-0.25, -0.2) is 12.8 Å². The van der Waals surface area contributed by atoms with E-state index in [9.17, 15) is 17.6 Å². The number of benzene rings is 2. The summed E-state index contributed by atoms with van der Waals surface area (Å²) in [6.45, 7) is 0.475. The second-order valence-corrected chi connectivity index (χ2v) is 8.71. The molecule has 0 radical (unpaired) electrons. The van der Waals surface area contributed by atoms with Crippen LogP contribution in [0.2, 0.25) is 5.02 Å². The van der Waals surface area contributed by atoms with Crippen molar-refractivity contribution in [2.75, 3.05) is 29.8 Å². The highest BCUT2D eigenvalue weighted by Gasteiger charge is 2.28. The summed E-state index contributed by atoms with van der Waals surface area (Å²) in [4.78, 5) is 11.9. The zero-order chi connectivity index (χ0) is 20.1. The summed E-state index contributed by atoms with van der Waals surface area (Å²) in [5, 5.41) is 2.70. The van der Waals surface area contributed by atoms with Crippen LogP contribution < -0.4 is 14.4 Å². The number of amides is 1. The third-order valence-electron chi connectivity index (χ3n) is 4.34. The standard InChI is InChI=1S/C19H20ClFN2O4S/c20-16-13-15(21)5-6-18(16)27-11-8-19(24)22-9-12-28(25,26)23-10-7-14-3-1-2-4-17(14)23/h1-6,13H,7-12H2,(H,22,24). The van der Waals surface area contributed by atoms with Crippen LogP contribution in [0.5, 0.6) is 5.75 Å². The van der Waals surface area contributed by atoms with Gasteiger partial charge in [-0.1, -0.05) is 29.8 Å². The number of nitrogens with zero attached hydrogens (tertiary/aromatic N) is 1. The molecule has 0 aliphatic carbocycles. The lowest BCUT2D eigenvalue weighted by Crippen LogP contribution is -2.37. The molecule has 0 bridgehead atoms. The largest absolute Gasteiger partial charge is 0.491 e. The molecule has 0 saturated heterocycles. The van der Waals surface area contributed by atoms with Gasteiger partial charge in [0.2, 0.25) is 15.9 Å². The van der Waals surface area contributed by atoms with Gasteiger partial charge in [-0.05, 0) is 36.2 Å². The van der Waals surface area contributed by atoms with Gasteiger partial charge in [0.1, 0.15) is 11.6 Å². The van der Waals surface area contributed by atoms with E-state index in [1.807, 2.05) is 18.2 Å². The molecular formula is C19H20ClFN2O4S. The van der Waals surface area contributed by atoms with Gasteiger partial charge in [0.25, 0.3) is 0 Å². The number of fused-ring (bicyclic) bond motifs is 1. The fraction of sp³-hybridized carbons (Fsp3) is 0.316. The van der Waals surface area contributed by atoms with E-state index in [2.05, 4.69) is 5.32 Å². The number of carbonyl (C=O) groups excluding carboxylic acids is 1. The van der Waals surface area contributed by atoms with E-state index in [-0.39, 0.29) is 42.0 Å². The second kappa shape index (κ2) is 8.79. The first-order valence-corrected chi connectivity index (χ1v) is 10.8. The lowest BCUT2D eigenvalue weighted by Gasteiger charge is -2.19. The summed E-state index contributed by atoms with van der Waals surface area (Å²) in [5.74, 6) is -0.712. The van der Waals surface area contributed by atoms with Crippen molar-refractivity contribution in [1.29, 1.82) is 0 Å². The number of sulfonamides is 1. The van der Waals surface area contributed by atoms with E-state index in [4.69, 9.17) is 16.3 Å². The fourth-order valence-corrected chi connectivity index (χ4v) is 4.61. The van der Waals surface area contributed by atoms with E-state index in [0.29, 0.717) is 18.7 Å². The SMILES string of the molecule is O=C(CCOc1ccc(F)cc1Cl)NCCS(=O)(=O)N1CCc2ccccc21. The van der Waals surface area contributed by atoms with Crippen LogP contribution in [0.25, 0.3) is 0 Å². The Hall–Kier alpha value is -2.32. The van der Waals surface area contributed by atoms with Crippen LogP contribution in [0, 0.1) is 5.82 Å². The van der Waals surface area contributed by atoms with Crippen LogP contribution in [0.1, 0.15) is 12.0 Å². The molecule has 2 aromatic carbocycles. The zero-order valence-corrected chi connectivity index (χ0v) is 16.6. The van der Waals surface area contributed by atoms with E-state index >= 15 is 0 Å². The van der Waals surface area contributed by atoms with Crippen LogP contribution in [-0.4, -0.2) is 39.8 Å². The van der Waals surface area contributed by atoms with Gasteiger partial charge in [0, 0.05) is 13.1 Å². The maximum Gasteiger partial charge on any atom is 0.236 e. The van der Waals surface area contributed by atoms with E-state index < -0.39 is 15.8 Å². The van der Waals surface area contributed by atoms with Crippen molar-refractivity contribution >= 4 is 33.2 Å². The topological polar surface area (TPSA) is 75.7 Å². The maximum atomic E-state index is 13.0. The van der Waals surface area contributed by atoms with Crippen molar-refractivity contribution < 1.29 is 22.3 Å². The first-order chi connectivity index (χ1) is 13.4. The van der Waals surface area contributed by atoms with Crippen molar-refractivity contribution in [2.24, 2.45) is 0 Å². The predicted octanol–water partition coefficient (Wildman–Crippen LogP) is 2.76. The third-order valence-corrected chi connectivity index (χ3v) is 6.41. The van der Waals surface area contributed by atoms with Gasteiger partial charge in [-0.15, -0.1) is 0 Å². The first-order valence-electron chi connectivity index (χ1n) is 8.80. The van der Waals surface area contributed by atoms with Crippen LogP contribution in [-0.2, 0) is 21.2 Å². The molecule has 0 aromatic heterocycles. The Morgan fingerprint density at radius 1 is 1.25 bits per heavy atom. The molecule has 1 N–H and O–H groups in total. The number of rotatable bonds is 8. The Kier molecular flexibility index (Phi) is 6.41. The second-order valence-electron chi connectivity index (χ2n) is 6.29. The number of para-hydroxylation sites is 1. The summed E-state index contributed by atoms with van der Waals surface area (Å²) in [6.07, 6.45) is 0.714. The number of hydrogen-bond donors (Lipinski definition) is 1. The first kappa shape index (κ1) is 20.4. The molecule has 150 valence electrons. The van der Waals surface area contributed by atoms with E-state index in [0.717, 1.165) is 11.6 Å². The van der Waals surface area contributed by atoms with Crippen LogP contribution in [0.3, 0.4) is 0 Å². The molecule has 28 heavy (non-hydrogen) atoms. The lowest BCUT2D eigenvalue weighted by molar-refractivity contribution is -0.121. The number of carbonyl (C=O) groups is 1. The van der Waals surface area contributed by atoms with Crippen LogP contribution >= 0.6 is 11.6 Å². The van der Waals surface area contributed by atoms with Crippen molar-refractivity contribution in [3.63, 3.8) is 0 Å². The van der Waals surface area contributed by atoms with Crippen molar-refractivity contribution in [3.05, 3.63) is 58.9 Å². The minimum atomic E-state index is -3.51. The number of halogens is 2. The quantitative estimate of drug-likeness (QED) is 0.704. The number of ether oxygens (including phenoxy) is 1. The Bertz CT molecular complexity index is 968. The van der Waals surface area contributed by atoms with Crippen LogP contribution in [0.15, 0.2) is 42.5 Å². The van der Waals surface area contributed by atoms with Gasteiger partial charge in [-0.3, -0.25) is 9.10 Å². The number of hydrogen-bond acceptors (Lipinski definition) is 4. The monoisotopic (exact) mass is 426 g/mol. The third kappa shape index (κ3) is 4.94. The maximum absolute atomic E-state index is 13.0. The summed E-state index contributed by atoms with van der Waals surface area (Å²) in [5.41, 5.74) is 1.71. The highest BCUT2D eigenvalue weighted by Crippen LogP contribution is 2.29. The normalized spacial score (nSPS) is 13.3.